The molecular weight excluding hydrogens is 260 g/mol. The number of imide groups is 1. The first-order valence-electron chi connectivity index (χ1n) is 6.35. The highest BCUT2D eigenvalue weighted by atomic mass is 16.2. The van der Waals surface area contributed by atoms with Crippen molar-refractivity contribution >= 4 is 23.5 Å². The number of hydrogen-bond donors (Lipinski definition) is 3. The average molecular weight is 278 g/mol. The minimum atomic E-state index is -0.590. The minimum Gasteiger partial charge on any atom is -0.358 e. The van der Waals surface area contributed by atoms with E-state index in [1.54, 1.807) is 6.07 Å². The van der Waals surface area contributed by atoms with E-state index in [-0.39, 0.29) is 24.2 Å². The largest absolute Gasteiger partial charge is 0.358 e. The Hall–Kier alpha value is -2.22. The maximum atomic E-state index is 11.9. The zero-order chi connectivity index (χ0) is 14.9. The number of anilines is 2. The summed E-state index contributed by atoms with van der Waals surface area (Å²) in [7, 11) is 1.47. The number of aromatic nitrogens is 2. The third-order valence-corrected chi connectivity index (χ3v) is 3.11. The maximum absolute atomic E-state index is 11.9. The van der Waals surface area contributed by atoms with Crippen molar-refractivity contribution < 1.29 is 9.59 Å². The van der Waals surface area contributed by atoms with Gasteiger partial charge in [0.2, 0.25) is 5.91 Å². The Bertz CT molecular complexity index is 545. The fourth-order valence-corrected chi connectivity index (χ4v) is 1.92. The zero-order valence-corrected chi connectivity index (χ0v) is 11.7. The summed E-state index contributed by atoms with van der Waals surface area (Å²) in [4.78, 5) is 33.0. The lowest BCUT2D eigenvalue weighted by Gasteiger charge is -2.14. The quantitative estimate of drug-likeness (QED) is 0.405. The highest BCUT2D eigenvalue weighted by Crippen LogP contribution is 2.20. The van der Waals surface area contributed by atoms with E-state index in [0.29, 0.717) is 17.5 Å². The number of nitrogen functional groups attached to an aromatic ring is 1. The van der Waals surface area contributed by atoms with Crippen molar-refractivity contribution in [2.45, 2.75) is 32.2 Å². The van der Waals surface area contributed by atoms with Gasteiger partial charge in [-0.3, -0.25) is 14.5 Å². The van der Waals surface area contributed by atoms with E-state index >= 15 is 0 Å². The highest BCUT2D eigenvalue weighted by molar-refractivity contribution is 6.06. The average Bonchev–Trinajstić information content (AvgIpc) is 2.66. The first-order valence-corrected chi connectivity index (χ1v) is 6.35. The number of rotatable bonds is 4. The lowest BCUT2D eigenvalue weighted by Crippen LogP contribution is -2.32. The summed E-state index contributed by atoms with van der Waals surface area (Å²) in [5.41, 5.74) is 2.46. The monoisotopic (exact) mass is 278 g/mol. The molecule has 1 aliphatic heterocycles. The predicted molar refractivity (Wildman–Crippen MR) is 73.7 cm³/mol. The first kappa shape index (κ1) is 14.2. The molecule has 1 atom stereocenters. The molecule has 1 aromatic rings. The number of nitrogens with one attached hydrogen (secondary N) is 2. The second kappa shape index (κ2) is 5.41. The Kier molecular flexibility index (Phi) is 3.84. The fraction of sp³-hybridized carbons (Fsp3) is 0.500. The maximum Gasteiger partial charge on any atom is 0.251 e. The van der Waals surface area contributed by atoms with Gasteiger partial charge < -0.3 is 10.7 Å². The first-order chi connectivity index (χ1) is 9.42. The van der Waals surface area contributed by atoms with Crippen LogP contribution in [0.4, 0.5) is 11.6 Å². The molecule has 0 bridgehead atoms. The second-order valence-electron chi connectivity index (χ2n) is 4.99. The molecule has 1 aliphatic rings. The number of carbonyl (C=O) groups excluding carboxylic acids is 2. The van der Waals surface area contributed by atoms with E-state index in [9.17, 15) is 9.59 Å². The molecule has 4 N–H and O–H groups in total. The van der Waals surface area contributed by atoms with Gasteiger partial charge in [0, 0.05) is 19.0 Å². The number of hydrogen-bond acceptors (Lipinski definition) is 7. The lowest BCUT2D eigenvalue weighted by molar-refractivity contribution is -0.136. The molecule has 1 unspecified atom stereocenters. The van der Waals surface area contributed by atoms with E-state index in [1.807, 2.05) is 13.8 Å². The van der Waals surface area contributed by atoms with Crippen LogP contribution in [0.1, 0.15) is 32.0 Å². The number of nitrogens with zero attached hydrogens (tertiary/aromatic N) is 3. The van der Waals surface area contributed by atoms with Crippen LogP contribution in [0.2, 0.25) is 0 Å². The van der Waals surface area contributed by atoms with Crippen molar-refractivity contribution in [3.63, 3.8) is 0 Å². The highest BCUT2D eigenvalue weighted by Gasteiger charge is 2.36. The van der Waals surface area contributed by atoms with Crippen LogP contribution in [0, 0.1) is 0 Å². The molecule has 0 aliphatic carbocycles. The van der Waals surface area contributed by atoms with E-state index < -0.39 is 6.04 Å². The van der Waals surface area contributed by atoms with Crippen molar-refractivity contribution in [2.75, 3.05) is 17.8 Å². The van der Waals surface area contributed by atoms with Crippen molar-refractivity contribution in [1.29, 1.82) is 0 Å². The summed E-state index contributed by atoms with van der Waals surface area (Å²) >= 11 is 0. The Morgan fingerprint density at radius 3 is 2.50 bits per heavy atom. The number of hydrazine groups is 1. The van der Waals surface area contributed by atoms with Crippen LogP contribution in [-0.2, 0) is 9.59 Å². The molecule has 20 heavy (non-hydrogen) atoms. The van der Waals surface area contributed by atoms with Gasteiger partial charge >= 0.3 is 0 Å². The molecular formula is C12H18N6O2. The fourth-order valence-electron chi connectivity index (χ4n) is 1.92. The van der Waals surface area contributed by atoms with Crippen molar-refractivity contribution in [3.8, 4) is 0 Å². The smallest absolute Gasteiger partial charge is 0.251 e. The van der Waals surface area contributed by atoms with Gasteiger partial charge in [-0.2, -0.15) is 0 Å². The van der Waals surface area contributed by atoms with Gasteiger partial charge in [-0.25, -0.2) is 15.8 Å². The molecule has 8 nitrogen and oxygen atoms in total. The molecule has 2 rings (SSSR count). The Morgan fingerprint density at radius 2 is 2.00 bits per heavy atom. The van der Waals surface area contributed by atoms with Gasteiger partial charge in [-0.05, 0) is 0 Å². The molecule has 1 aromatic heterocycles. The summed E-state index contributed by atoms with van der Waals surface area (Å²) in [6.45, 7) is 3.91. The Morgan fingerprint density at radius 1 is 1.35 bits per heavy atom. The Balaban J connectivity index is 2.23. The van der Waals surface area contributed by atoms with E-state index in [1.165, 1.54) is 7.05 Å². The van der Waals surface area contributed by atoms with Crippen molar-refractivity contribution in [2.24, 2.45) is 5.84 Å². The third-order valence-electron chi connectivity index (χ3n) is 3.11. The van der Waals surface area contributed by atoms with Crippen LogP contribution in [0.15, 0.2) is 6.07 Å². The molecule has 1 saturated heterocycles. The summed E-state index contributed by atoms with van der Waals surface area (Å²) < 4.78 is 0. The molecule has 1 fully saturated rings. The van der Waals surface area contributed by atoms with Gasteiger partial charge in [-0.15, -0.1) is 0 Å². The molecule has 0 radical (unpaired) electrons. The molecule has 2 heterocycles. The van der Waals surface area contributed by atoms with Crippen LogP contribution in [0.3, 0.4) is 0 Å². The molecule has 2 amide bonds. The zero-order valence-electron chi connectivity index (χ0n) is 11.7. The van der Waals surface area contributed by atoms with Crippen LogP contribution >= 0.6 is 0 Å². The van der Waals surface area contributed by atoms with Gasteiger partial charge in [0.1, 0.15) is 23.5 Å². The van der Waals surface area contributed by atoms with Crippen LogP contribution < -0.4 is 16.6 Å². The van der Waals surface area contributed by atoms with E-state index in [4.69, 9.17) is 5.84 Å². The van der Waals surface area contributed by atoms with Gasteiger partial charge in [0.05, 0.1) is 6.42 Å². The number of likely N-dealkylation sites (tertiary alicyclic amines) is 1. The SMILES string of the molecule is CC(C)c1nc(NN)cc(NC2CC(=O)N(C)C2=O)n1. The number of carbonyl (C=O) groups is 2. The van der Waals surface area contributed by atoms with Crippen molar-refractivity contribution in [3.05, 3.63) is 11.9 Å². The summed E-state index contributed by atoms with van der Waals surface area (Å²) in [5, 5.41) is 2.96. The van der Waals surface area contributed by atoms with Crippen LogP contribution in [-0.4, -0.2) is 39.8 Å². The normalized spacial score (nSPS) is 18.9. The predicted octanol–water partition coefficient (Wildman–Crippen LogP) is 0.0548. The van der Waals surface area contributed by atoms with Crippen LogP contribution in [0.5, 0.6) is 0 Å². The molecule has 0 spiro atoms. The number of amides is 2. The summed E-state index contributed by atoms with van der Waals surface area (Å²) in [5.74, 6) is 6.55. The summed E-state index contributed by atoms with van der Waals surface area (Å²) in [6.07, 6.45) is 0.127. The number of nitrogens with two attached hydrogens (primary N) is 1. The minimum absolute atomic E-state index is 0.118. The van der Waals surface area contributed by atoms with Gasteiger partial charge in [-0.1, -0.05) is 13.8 Å². The molecule has 8 heteroatoms. The molecule has 108 valence electrons. The molecule has 0 saturated carbocycles. The second-order valence-corrected chi connectivity index (χ2v) is 4.99. The Labute approximate surface area is 116 Å². The number of likely N-dealkylation sites (N-methyl/N-ethyl adjacent to an activating group) is 1. The van der Waals surface area contributed by atoms with E-state index in [0.717, 1.165) is 4.90 Å². The van der Waals surface area contributed by atoms with Crippen LogP contribution in [0.25, 0.3) is 0 Å². The van der Waals surface area contributed by atoms with Gasteiger partial charge in [0.15, 0.2) is 0 Å². The topological polar surface area (TPSA) is 113 Å². The third kappa shape index (κ3) is 2.69. The lowest BCUT2D eigenvalue weighted by atomic mass is 10.2. The van der Waals surface area contributed by atoms with E-state index in [2.05, 4.69) is 20.7 Å². The standard InChI is InChI=1S/C12H18N6O2/c1-6(2)11-15-8(5-9(16-11)17-13)14-7-4-10(19)18(3)12(7)20/h5-7H,4,13H2,1-3H3,(H2,14,15,16,17). The van der Waals surface area contributed by atoms with Gasteiger partial charge in [0.25, 0.3) is 5.91 Å². The molecule has 0 aromatic carbocycles. The van der Waals surface area contributed by atoms with Crippen molar-refractivity contribution in [1.82, 2.24) is 14.9 Å². The summed E-state index contributed by atoms with van der Waals surface area (Å²) in [6, 6.07) is 1.01.